The third-order valence-electron chi connectivity index (χ3n) is 1.26. The second kappa shape index (κ2) is 5.29. The average molecular weight is 167 g/mol. The van der Waals surface area contributed by atoms with Gasteiger partial charge in [-0.05, 0) is 0 Å². The van der Waals surface area contributed by atoms with E-state index in [4.69, 9.17) is 5.73 Å². The normalized spacial score (nSPS) is 8.25. The molecule has 1 rings (SSSR count). The Bertz CT molecular complexity index is 241. The summed E-state index contributed by atoms with van der Waals surface area (Å²) < 4.78 is 1.84. The van der Waals surface area contributed by atoms with Gasteiger partial charge in [-0.2, -0.15) is 0 Å². The number of carbonyl (C=O) groups excluding carboxylic acids is 1. The number of pyridine rings is 1. The van der Waals surface area contributed by atoms with Crippen LogP contribution in [0, 0.1) is 0 Å². The molecule has 1 heterocycles. The lowest BCUT2D eigenvalue weighted by Crippen LogP contribution is -2.27. The van der Waals surface area contributed by atoms with E-state index in [1.165, 1.54) is 0 Å². The highest BCUT2D eigenvalue weighted by atomic mass is 16.1. The number of rotatable bonds is 1. The van der Waals surface area contributed by atoms with E-state index in [-0.39, 0.29) is 5.91 Å². The van der Waals surface area contributed by atoms with E-state index in [1.807, 2.05) is 25.5 Å². The molecule has 1 amide bonds. The van der Waals surface area contributed by atoms with E-state index in [0.717, 1.165) is 0 Å². The minimum atomic E-state index is -0.388. The number of hydrogen-bond donors (Lipinski definition) is 1. The third kappa shape index (κ3) is 3.14. The predicted octanol–water partition coefficient (Wildman–Crippen LogP) is 0.636. The van der Waals surface area contributed by atoms with E-state index in [9.17, 15) is 4.79 Å². The van der Waals surface area contributed by atoms with Gasteiger partial charge in [-0.3, -0.25) is 4.79 Å². The quantitative estimate of drug-likeness (QED) is 0.613. The molecule has 66 valence electrons. The molecule has 0 bridgehead atoms. The molecule has 0 unspecified atom stereocenters. The van der Waals surface area contributed by atoms with Gasteiger partial charge in [0.05, 0.1) is 5.56 Å². The van der Waals surface area contributed by atoms with Crippen LogP contribution in [0.5, 0.6) is 0 Å². The van der Waals surface area contributed by atoms with Crippen molar-refractivity contribution >= 4 is 5.91 Å². The Hall–Kier alpha value is -1.38. The zero-order valence-corrected chi connectivity index (χ0v) is 7.74. The Labute approximate surface area is 72.8 Å². The summed E-state index contributed by atoms with van der Waals surface area (Å²) >= 11 is 0. The number of nitrogens with two attached hydrogens (primary N) is 1. The van der Waals surface area contributed by atoms with Crippen molar-refractivity contribution in [3.05, 3.63) is 30.1 Å². The van der Waals surface area contributed by atoms with Crippen LogP contribution in [0.15, 0.2) is 24.5 Å². The summed E-state index contributed by atoms with van der Waals surface area (Å²) in [5.74, 6) is -0.388. The van der Waals surface area contributed by atoms with Crippen LogP contribution in [0.4, 0.5) is 0 Å². The number of primary amides is 1. The van der Waals surface area contributed by atoms with Crippen LogP contribution in [0.25, 0.3) is 0 Å². The lowest BCUT2D eigenvalue weighted by atomic mass is 10.2. The van der Waals surface area contributed by atoms with Crippen molar-refractivity contribution in [1.82, 2.24) is 0 Å². The molecule has 0 saturated carbocycles. The highest BCUT2D eigenvalue weighted by Crippen LogP contribution is 1.90. The lowest BCUT2D eigenvalue weighted by Gasteiger charge is -1.89. The first-order chi connectivity index (χ1) is 5.70. The van der Waals surface area contributed by atoms with Crippen molar-refractivity contribution in [1.29, 1.82) is 0 Å². The van der Waals surface area contributed by atoms with Crippen molar-refractivity contribution in [3.8, 4) is 0 Å². The summed E-state index contributed by atoms with van der Waals surface area (Å²) in [6.07, 6.45) is 3.56. The highest BCUT2D eigenvalue weighted by Gasteiger charge is 1.99. The zero-order valence-electron chi connectivity index (χ0n) is 7.74. The largest absolute Gasteiger partial charge is 0.366 e. The van der Waals surface area contributed by atoms with Gasteiger partial charge in [-0.1, -0.05) is 13.8 Å². The van der Waals surface area contributed by atoms with Crippen molar-refractivity contribution < 1.29 is 9.36 Å². The number of hydrogen-bond acceptors (Lipinski definition) is 1. The topological polar surface area (TPSA) is 47.0 Å². The van der Waals surface area contributed by atoms with Gasteiger partial charge >= 0.3 is 0 Å². The standard InChI is InChI=1S/C7H8N2O.C2H6/c1-9-4-2-6(3-5-9)7(8)10;1-2/h2-5H,1H3,(H-,8,10);1-2H3/p+1. The number of carbonyl (C=O) groups is 1. The summed E-state index contributed by atoms with van der Waals surface area (Å²) in [5, 5.41) is 0. The SMILES string of the molecule is CC.C[n+]1ccc(C(N)=O)cc1. The molecular formula is C9H15N2O+. The van der Waals surface area contributed by atoms with E-state index in [1.54, 1.807) is 24.5 Å². The molecule has 3 heteroatoms. The molecule has 0 radical (unpaired) electrons. The fraction of sp³-hybridized carbons (Fsp3) is 0.333. The van der Waals surface area contributed by atoms with E-state index >= 15 is 0 Å². The Morgan fingerprint density at radius 1 is 1.33 bits per heavy atom. The van der Waals surface area contributed by atoms with Crippen LogP contribution in [0.3, 0.4) is 0 Å². The first-order valence-corrected chi connectivity index (χ1v) is 3.95. The van der Waals surface area contributed by atoms with Gasteiger partial charge in [0.25, 0.3) is 0 Å². The van der Waals surface area contributed by atoms with Crippen molar-refractivity contribution in [2.75, 3.05) is 0 Å². The molecule has 0 spiro atoms. The van der Waals surface area contributed by atoms with Gasteiger partial charge in [0.2, 0.25) is 5.91 Å². The fourth-order valence-electron chi connectivity index (χ4n) is 0.665. The van der Waals surface area contributed by atoms with Gasteiger partial charge in [-0.25, -0.2) is 4.57 Å². The molecule has 0 fully saturated rings. The van der Waals surface area contributed by atoms with Gasteiger partial charge in [-0.15, -0.1) is 0 Å². The van der Waals surface area contributed by atoms with Crippen molar-refractivity contribution in [3.63, 3.8) is 0 Å². The molecular weight excluding hydrogens is 152 g/mol. The average Bonchev–Trinajstić information content (AvgIpc) is 2.09. The van der Waals surface area contributed by atoms with Crippen LogP contribution in [-0.4, -0.2) is 5.91 Å². The maximum absolute atomic E-state index is 10.5. The second-order valence-electron chi connectivity index (χ2n) is 2.12. The number of aryl methyl sites for hydroxylation is 1. The van der Waals surface area contributed by atoms with Crippen LogP contribution < -0.4 is 10.3 Å². The Kier molecular flexibility index (Phi) is 4.69. The summed E-state index contributed by atoms with van der Waals surface area (Å²) in [7, 11) is 1.88. The van der Waals surface area contributed by atoms with Gasteiger partial charge in [0.15, 0.2) is 12.4 Å². The van der Waals surface area contributed by atoms with Crippen LogP contribution in [0.2, 0.25) is 0 Å². The maximum atomic E-state index is 10.5. The van der Waals surface area contributed by atoms with Gasteiger partial charge in [0, 0.05) is 12.1 Å². The first kappa shape index (κ1) is 10.6. The van der Waals surface area contributed by atoms with Crippen LogP contribution >= 0.6 is 0 Å². The number of aromatic nitrogens is 1. The highest BCUT2D eigenvalue weighted by molar-refractivity contribution is 5.92. The van der Waals surface area contributed by atoms with Crippen LogP contribution in [0.1, 0.15) is 24.2 Å². The molecule has 1 aromatic rings. The summed E-state index contributed by atoms with van der Waals surface area (Å²) in [4.78, 5) is 10.5. The molecule has 0 atom stereocenters. The van der Waals surface area contributed by atoms with Crippen molar-refractivity contribution in [2.24, 2.45) is 12.8 Å². The van der Waals surface area contributed by atoms with E-state index in [2.05, 4.69) is 0 Å². The van der Waals surface area contributed by atoms with Crippen LogP contribution in [-0.2, 0) is 7.05 Å². The minimum Gasteiger partial charge on any atom is -0.366 e. The maximum Gasteiger partial charge on any atom is 0.249 e. The Balaban J connectivity index is 0.000000561. The third-order valence-corrected chi connectivity index (χ3v) is 1.26. The molecule has 0 aliphatic carbocycles. The molecule has 0 aliphatic rings. The lowest BCUT2D eigenvalue weighted by molar-refractivity contribution is -0.671. The first-order valence-electron chi connectivity index (χ1n) is 3.95. The minimum absolute atomic E-state index is 0.388. The molecule has 2 N–H and O–H groups in total. The number of amides is 1. The summed E-state index contributed by atoms with van der Waals surface area (Å²) in [5.41, 5.74) is 5.56. The Morgan fingerprint density at radius 3 is 2.08 bits per heavy atom. The number of nitrogens with zero attached hydrogens (tertiary/aromatic N) is 1. The van der Waals surface area contributed by atoms with Gasteiger partial charge < -0.3 is 5.73 Å². The molecule has 1 aromatic heterocycles. The monoisotopic (exact) mass is 167 g/mol. The predicted molar refractivity (Wildman–Crippen MR) is 47.5 cm³/mol. The molecule has 12 heavy (non-hydrogen) atoms. The Morgan fingerprint density at radius 2 is 1.75 bits per heavy atom. The van der Waals surface area contributed by atoms with E-state index < -0.39 is 0 Å². The molecule has 3 nitrogen and oxygen atoms in total. The summed E-state index contributed by atoms with van der Waals surface area (Å²) in [6.45, 7) is 4.00. The molecule has 0 aliphatic heterocycles. The smallest absolute Gasteiger partial charge is 0.249 e. The second-order valence-corrected chi connectivity index (χ2v) is 2.12. The zero-order chi connectivity index (χ0) is 9.56. The molecule has 0 aromatic carbocycles. The van der Waals surface area contributed by atoms with Gasteiger partial charge in [0.1, 0.15) is 7.05 Å². The fourth-order valence-corrected chi connectivity index (χ4v) is 0.665. The molecule has 0 saturated heterocycles. The van der Waals surface area contributed by atoms with Crippen molar-refractivity contribution in [2.45, 2.75) is 13.8 Å². The summed E-state index contributed by atoms with van der Waals surface area (Å²) in [6, 6.07) is 3.37. The van der Waals surface area contributed by atoms with E-state index in [0.29, 0.717) is 5.56 Å².